The first-order valence-electron chi connectivity index (χ1n) is 8.00. The summed E-state index contributed by atoms with van der Waals surface area (Å²) in [4.78, 5) is 12.2. The number of benzene rings is 1. The first-order chi connectivity index (χ1) is 10.2. The number of hydrogen-bond donors (Lipinski definition) is 0. The zero-order valence-corrected chi connectivity index (χ0v) is 13.6. The van der Waals surface area contributed by atoms with Crippen LogP contribution in [-0.2, 0) is 15.9 Å². The number of esters is 1. The molecule has 1 atom stereocenters. The maximum absolute atomic E-state index is 12.2. The van der Waals surface area contributed by atoms with E-state index >= 15 is 0 Å². The molecule has 0 radical (unpaired) electrons. The number of unbranched alkanes of at least 4 members (excludes halogenated alkanes) is 2. The summed E-state index contributed by atoms with van der Waals surface area (Å²) in [5.41, 5.74) is 1.87. The molecule has 0 bridgehead atoms. The van der Waals surface area contributed by atoms with Gasteiger partial charge in [-0.1, -0.05) is 45.2 Å². The Kier molecular flexibility index (Phi) is 8.76. The van der Waals surface area contributed by atoms with E-state index in [0.717, 1.165) is 38.5 Å². The SMILES string of the molecule is CCCCCC(COC)OC(=O)c1ccc(CCC)cc1. The molecule has 0 aliphatic heterocycles. The summed E-state index contributed by atoms with van der Waals surface area (Å²) in [7, 11) is 1.64. The lowest BCUT2D eigenvalue weighted by Gasteiger charge is -2.17. The lowest BCUT2D eigenvalue weighted by atomic mass is 10.1. The van der Waals surface area contributed by atoms with Crippen molar-refractivity contribution < 1.29 is 14.3 Å². The zero-order chi connectivity index (χ0) is 15.5. The van der Waals surface area contributed by atoms with Crippen LogP contribution in [-0.4, -0.2) is 25.8 Å². The third-order valence-corrected chi connectivity index (χ3v) is 3.48. The fraction of sp³-hybridized carbons (Fsp3) is 0.611. The summed E-state index contributed by atoms with van der Waals surface area (Å²) in [6.45, 7) is 4.77. The van der Waals surface area contributed by atoms with Crippen LogP contribution in [0.3, 0.4) is 0 Å². The molecule has 1 aromatic rings. The van der Waals surface area contributed by atoms with Crippen LogP contribution in [0.15, 0.2) is 24.3 Å². The predicted octanol–water partition coefficient (Wildman–Crippen LogP) is 4.39. The van der Waals surface area contributed by atoms with Gasteiger partial charge in [-0.2, -0.15) is 0 Å². The molecule has 0 aliphatic rings. The number of carbonyl (C=O) groups is 1. The summed E-state index contributed by atoms with van der Waals surface area (Å²) in [6, 6.07) is 7.71. The Morgan fingerprint density at radius 2 is 1.81 bits per heavy atom. The van der Waals surface area contributed by atoms with Gasteiger partial charge in [-0.3, -0.25) is 0 Å². The topological polar surface area (TPSA) is 35.5 Å². The van der Waals surface area contributed by atoms with Gasteiger partial charge < -0.3 is 9.47 Å². The van der Waals surface area contributed by atoms with Crippen molar-refractivity contribution in [2.24, 2.45) is 0 Å². The second-order valence-corrected chi connectivity index (χ2v) is 5.43. The van der Waals surface area contributed by atoms with Gasteiger partial charge in [0, 0.05) is 7.11 Å². The third-order valence-electron chi connectivity index (χ3n) is 3.48. The predicted molar refractivity (Wildman–Crippen MR) is 85.7 cm³/mol. The van der Waals surface area contributed by atoms with E-state index in [2.05, 4.69) is 13.8 Å². The molecule has 118 valence electrons. The molecule has 3 heteroatoms. The normalized spacial score (nSPS) is 12.1. The minimum Gasteiger partial charge on any atom is -0.456 e. The van der Waals surface area contributed by atoms with Gasteiger partial charge in [0.1, 0.15) is 6.10 Å². The van der Waals surface area contributed by atoms with E-state index in [4.69, 9.17) is 9.47 Å². The van der Waals surface area contributed by atoms with Gasteiger partial charge in [-0.15, -0.1) is 0 Å². The van der Waals surface area contributed by atoms with E-state index < -0.39 is 0 Å². The number of ether oxygens (including phenoxy) is 2. The van der Waals surface area contributed by atoms with E-state index in [1.165, 1.54) is 5.56 Å². The highest BCUT2D eigenvalue weighted by Gasteiger charge is 2.15. The molecule has 0 aromatic heterocycles. The van der Waals surface area contributed by atoms with Gasteiger partial charge >= 0.3 is 5.97 Å². The van der Waals surface area contributed by atoms with Gasteiger partial charge in [0.2, 0.25) is 0 Å². The van der Waals surface area contributed by atoms with Crippen molar-refractivity contribution in [3.63, 3.8) is 0 Å². The molecule has 0 saturated heterocycles. The van der Waals surface area contributed by atoms with Crippen molar-refractivity contribution in [1.29, 1.82) is 0 Å². The molecular weight excluding hydrogens is 264 g/mol. The molecule has 0 N–H and O–H groups in total. The highest BCUT2D eigenvalue weighted by Crippen LogP contribution is 2.12. The van der Waals surface area contributed by atoms with Crippen LogP contribution >= 0.6 is 0 Å². The van der Waals surface area contributed by atoms with Gasteiger partial charge in [0.25, 0.3) is 0 Å². The number of aryl methyl sites for hydroxylation is 1. The molecule has 3 nitrogen and oxygen atoms in total. The quantitative estimate of drug-likeness (QED) is 0.474. The minimum absolute atomic E-state index is 0.149. The molecule has 1 aromatic carbocycles. The molecule has 0 saturated carbocycles. The number of hydrogen-bond acceptors (Lipinski definition) is 3. The van der Waals surface area contributed by atoms with Crippen molar-refractivity contribution in [3.8, 4) is 0 Å². The largest absolute Gasteiger partial charge is 0.456 e. The Balaban J connectivity index is 2.54. The standard InChI is InChI=1S/C18H28O3/c1-4-6-7-9-17(14-20-3)21-18(19)16-12-10-15(8-5-2)11-13-16/h10-13,17H,4-9,14H2,1-3H3. The van der Waals surface area contributed by atoms with E-state index in [1.54, 1.807) is 7.11 Å². The van der Waals surface area contributed by atoms with Crippen LogP contribution in [0.2, 0.25) is 0 Å². The van der Waals surface area contributed by atoms with Crippen LogP contribution in [0.4, 0.5) is 0 Å². The van der Waals surface area contributed by atoms with Crippen LogP contribution in [0.1, 0.15) is 61.9 Å². The maximum atomic E-state index is 12.2. The minimum atomic E-state index is -0.253. The molecule has 0 spiro atoms. The van der Waals surface area contributed by atoms with Crippen molar-refractivity contribution in [3.05, 3.63) is 35.4 Å². The second kappa shape index (κ2) is 10.4. The van der Waals surface area contributed by atoms with Crippen molar-refractivity contribution in [1.82, 2.24) is 0 Å². The Morgan fingerprint density at radius 3 is 2.38 bits per heavy atom. The highest BCUT2D eigenvalue weighted by atomic mass is 16.6. The third kappa shape index (κ3) is 6.76. The Morgan fingerprint density at radius 1 is 1.10 bits per heavy atom. The van der Waals surface area contributed by atoms with Crippen molar-refractivity contribution >= 4 is 5.97 Å². The molecular formula is C18H28O3. The molecule has 21 heavy (non-hydrogen) atoms. The second-order valence-electron chi connectivity index (χ2n) is 5.43. The van der Waals surface area contributed by atoms with Crippen molar-refractivity contribution in [2.45, 2.75) is 58.5 Å². The van der Waals surface area contributed by atoms with Gasteiger partial charge in [-0.25, -0.2) is 4.79 Å². The Labute approximate surface area is 128 Å². The van der Waals surface area contributed by atoms with Crippen LogP contribution in [0.5, 0.6) is 0 Å². The monoisotopic (exact) mass is 292 g/mol. The summed E-state index contributed by atoms with van der Waals surface area (Å²) >= 11 is 0. The maximum Gasteiger partial charge on any atom is 0.338 e. The fourth-order valence-electron chi connectivity index (χ4n) is 2.30. The van der Waals surface area contributed by atoms with Gasteiger partial charge in [-0.05, 0) is 37.0 Å². The summed E-state index contributed by atoms with van der Waals surface area (Å²) in [5.74, 6) is -0.253. The first kappa shape index (κ1) is 17.7. The number of methoxy groups -OCH3 is 1. The van der Waals surface area contributed by atoms with E-state index in [0.29, 0.717) is 12.2 Å². The average molecular weight is 292 g/mol. The first-order valence-corrected chi connectivity index (χ1v) is 8.00. The molecule has 0 aliphatic carbocycles. The average Bonchev–Trinajstić information content (AvgIpc) is 2.48. The smallest absolute Gasteiger partial charge is 0.338 e. The van der Waals surface area contributed by atoms with Gasteiger partial charge in [0.15, 0.2) is 0 Å². The van der Waals surface area contributed by atoms with Crippen molar-refractivity contribution in [2.75, 3.05) is 13.7 Å². The number of rotatable bonds is 10. The lowest BCUT2D eigenvalue weighted by molar-refractivity contribution is 0.00241. The van der Waals surface area contributed by atoms with E-state index in [1.807, 2.05) is 24.3 Å². The zero-order valence-electron chi connectivity index (χ0n) is 13.6. The van der Waals surface area contributed by atoms with E-state index in [-0.39, 0.29) is 12.1 Å². The molecule has 0 amide bonds. The Bertz CT molecular complexity index is 397. The van der Waals surface area contributed by atoms with Crippen LogP contribution in [0, 0.1) is 0 Å². The molecule has 0 fully saturated rings. The van der Waals surface area contributed by atoms with Crippen LogP contribution in [0.25, 0.3) is 0 Å². The summed E-state index contributed by atoms with van der Waals surface area (Å²) in [6.07, 6.45) is 6.24. The Hall–Kier alpha value is -1.35. The lowest BCUT2D eigenvalue weighted by Crippen LogP contribution is -2.23. The number of carbonyl (C=O) groups excluding carboxylic acids is 1. The molecule has 1 unspecified atom stereocenters. The highest BCUT2D eigenvalue weighted by molar-refractivity contribution is 5.89. The summed E-state index contributed by atoms with van der Waals surface area (Å²) < 4.78 is 10.7. The molecule has 0 heterocycles. The van der Waals surface area contributed by atoms with Gasteiger partial charge in [0.05, 0.1) is 12.2 Å². The van der Waals surface area contributed by atoms with E-state index in [9.17, 15) is 4.79 Å². The fourth-order valence-corrected chi connectivity index (χ4v) is 2.30. The van der Waals surface area contributed by atoms with Crippen LogP contribution < -0.4 is 0 Å². The summed E-state index contributed by atoms with van der Waals surface area (Å²) in [5, 5.41) is 0. The molecule has 1 rings (SSSR count).